The molecule has 2 aromatic rings. The van der Waals surface area contributed by atoms with Crippen LogP contribution in [0, 0.1) is 37.8 Å². The molecule has 0 aliphatic heterocycles. The lowest BCUT2D eigenvalue weighted by atomic mass is 9.93. The Hall–Kier alpha value is -2.90. The molecule has 0 heterocycles. The van der Waals surface area contributed by atoms with Crippen LogP contribution in [-0.4, -0.2) is 9.85 Å². The molecule has 0 spiro atoms. The predicted molar refractivity (Wildman–Crippen MR) is 89.9 cm³/mol. The van der Waals surface area contributed by atoms with E-state index in [1.807, 2.05) is 0 Å². The molecule has 1 fully saturated rings. The van der Waals surface area contributed by atoms with E-state index in [4.69, 9.17) is 0 Å². The Labute approximate surface area is 147 Å². The third-order valence-electron chi connectivity index (χ3n) is 4.91. The van der Waals surface area contributed by atoms with Crippen molar-refractivity contribution in [3.63, 3.8) is 0 Å². The van der Waals surface area contributed by atoms with Gasteiger partial charge in [0.15, 0.2) is 0 Å². The minimum Gasteiger partial charge on any atom is -0.258 e. The molecule has 1 aliphatic rings. The van der Waals surface area contributed by atoms with Gasteiger partial charge in [-0.15, -0.1) is 0 Å². The van der Waals surface area contributed by atoms with Crippen molar-refractivity contribution in [2.75, 3.05) is 0 Å². The number of hydrogen-bond donors (Lipinski definition) is 0. The van der Waals surface area contributed by atoms with Crippen molar-refractivity contribution in [2.45, 2.75) is 31.6 Å². The topological polar surface area (TPSA) is 86.3 Å². The number of halogens is 2. The van der Waals surface area contributed by atoms with Crippen LogP contribution in [0.3, 0.4) is 0 Å². The van der Waals surface area contributed by atoms with E-state index < -0.39 is 32.9 Å². The molecule has 2 atom stereocenters. The molecule has 26 heavy (non-hydrogen) atoms. The normalized spacial score (nSPS) is 19.5. The minimum absolute atomic E-state index is 0.0956. The number of nitro benzene ring substituents is 2. The summed E-state index contributed by atoms with van der Waals surface area (Å²) >= 11 is 0. The maximum Gasteiger partial charge on any atom is 0.304 e. The van der Waals surface area contributed by atoms with Crippen molar-refractivity contribution in [1.82, 2.24) is 0 Å². The van der Waals surface area contributed by atoms with Gasteiger partial charge in [-0.1, -0.05) is 12.1 Å². The smallest absolute Gasteiger partial charge is 0.258 e. The highest BCUT2D eigenvalue weighted by Gasteiger charge is 2.28. The number of hydrogen-bond acceptors (Lipinski definition) is 4. The van der Waals surface area contributed by atoms with Crippen LogP contribution in [0.5, 0.6) is 0 Å². The number of nitrogens with zero attached hydrogens (tertiary/aromatic N) is 2. The fraction of sp³-hybridized carbons (Fsp3) is 0.333. The zero-order valence-corrected chi connectivity index (χ0v) is 13.7. The van der Waals surface area contributed by atoms with Gasteiger partial charge in [0.05, 0.1) is 9.85 Å². The van der Waals surface area contributed by atoms with E-state index in [-0.39, 0.29) is 11.8 Å². The molecule has 1 saturated carbocycles. The zero-order chi connectivity index (χ0) is 18.8. The van der Waals surface area contributed by atoms with E-state index in [1.54, 1.807) is 12.1 Å². The van der Waals surface area contributed by atoms with Crippen molar-refractivity contribution < 1.29 is 18.6 Å². The summed E-state index contributed by atoms with van der Waals surface area (Å²) in [5, 5.41) is 21.4. The third-order valence-corrected chi connectivity index (χ3v) is 4.91. The Kier molecular flexibility index (Phi) is 4.92. The summed E-state index contributed by atoms with van der Waals surface area (Å²) in [6, 6.07) is 7.90. The van der Waals surface area contributed by atoms with E-state index in [2.05, 4.69) is 0 Å². The summed E-state index contributed by atoms with van der Waals surface area (Å²) in [4.78, 5) is 19.9. The molecule has 0 radical (unpaired) electrons. The van der Waals surface area contributed by atoms with Crippen LogP contribution < -0.4 is 0 Å². The second-order valence-corrected chi connectivity index (χ2v) is 6.59. The first-order valence-corrected chi connectivity index (χ1v) is 8.22. The second kappa shape index (κ2) is 7.15. The first-order chi connectivity index (χ1) is 12.3. The van der Waals surface area contributed by atoms with Crippen molar-refractivity contribution in [2.24, 2.45) is 5.92 Å². The maximum absolute atomic E-state index is 13.8. The first-order valence-electron chi connectivity index (χ1n) is 8.22. The Morgan fingerprint density at radius 3 is 2.12 bits per heavy atom. The van der Waals surface area contributed by atoms with E-state index in [0.29, 0.717) is 12.0 Å². The Balaban J connectivity index is 1.67. The summed E-state index contributed by atoms with van der Waals surface area (Å²) in [5.74, 6) is -1.34. The standard InChI is InChI=1S/C18H16F2N2O4/c19-15-9-12(2-5-17(15)21(23)24)7-11-1-3-13(8-11)14-4-6-18(22(25)26)16(20)10-14/h2,4-6,9-11,13H,1,3,7-8H2. The molecule has 2 aromatic carbocycles. The molecule has 6 nitrogen and oxygen atoms in total. The molecule has 2 unspecified atom stereocenters. The van der Waals surface area contributed by atoms with Crippen LogP contribution in [0.15, 0.2) is 36.4 Å². The van der Waals surface area contributed by atoms with Crippen molar-refractivity contribution >= 4 is 11.4 Å². The third kappa shape index (κ3) is 3.68. The maximum atomic E-state index is 13.8. The number of nitro groups is 2. The van der Waals surface area contributed by atoms with Crippen molar-refractivity contribution in [1.29, 1.82) is 0 Å². The lowest BCUT2D eigenvalue weighted by molar-refractivity contribution is -0.387. The SMILES string of the molecule is O=[N+]([O-])c1ccc(CC2CCC(c3ccc([N+](=O)[O-])c(F)c3)C2)cc1F. The molecular weight excluding hydrogens is 346 g/mol. The van der Waals surface area contributed by atoms with Crippen molar-refractivity contribution in [3.05, 3.63) is 79.4 Å². The minimum atomic E-state index is -0.848. The molecule has 0 N–H and O–H groups in total. The lowest BCUT2D eigenvalue weighted by Crippen LogP contribution is -2.02. The van der Waals surface area contributed by atoms with E-state index >= 15 is 0 Å². The van der Waals surface area contributed by atoms with Gasteiger partial charge >= 0.3 is 11.4 Å². The van der Waals surface area contributed by atoms with Gasteiger partial charge < -0.3 is 0 Å². The number of rotatable bonds is 5. The molecule has 136 valence electrons. The first kappa shape index (κ1) is 17.9. The monoisotopic (exact) mass is 362 g/mol. The number of benzene rings is 2. The van der Waals surface area contributed by atoms with Crippen LogP contribution in [0.4, 0.5) is 20.2 Å². The van der Waals surface area contributed by atoms with Gasteiger partial charge in [0.1, 0.15) is 0 Å². The van der Waals surface area contributed by atoms with Gasteiger partial charge in [-0.3, -0.25) is 20.2 Å². The summed E-state index contributed by atoms with van der Waals surface area (Å²) in [6.45, 7) is 0. The molecular formula is C18H16F2N2O4. The highest BCUT2D eigenvalue weighted by atomic mass is 19.1. The summed E-state index contributed by atoms with van der Waals surface area (Å²) < 4.78 is 27.5. The van der Waals surface area contributed by atoms with E-state index in [9.17, 15) is 29.0 Å². The summed E-state index contributed by atoms with van der Waals surface area (Å²) in [7, 11) is 0. The Morgan fingerprint density at radius 2 is 1.54 bits per heavy atom. The quantitative estimate of drug-likeness (QED) is 0.559. The average molecular weight is 362 g/mol. The van der Waals surface area contributed by atoms with Crippen LogP contribution in [0.2, 0.25) is 0 Å². The predicted octanol–water partition coefficient (Wildman–Crippen LogP) is 4.91. The molecule has 0 aromatic heterocycles. The van der Waals surface area contributed by atoms with E-state index in [0.717, 1.165) is 24.8 Å². The Bertz CT molecular complexity index is 872. The van der Waals surface area contributed by atoms with Crippen LogP contribution >= 0.6 is 0 Å². The summed E-state index contributed by atoms with van der Waals surface area (Å²) in [5.41, 5.74) is 0.336. The van der Waals surface area contributed by atoms with Crippen LogP contribution in [0.1, 0.15) is 36.3 Å². The molecule has 1 aliphatic carbocycles. The van der Waals surface area contributed by atoms with Crippen LogP contribution in [0.25, 0.3) is 0 Å². The van der Waals surface area contributed by atoms with Crippen LogP contribution in [-0.2, 0) is 6.42 Å². The molecule has 3 rings (SSSR count). The summed E-state index contributed by atoms with van der Waals surface area (Å²) in [6.07, 6.45) is 3.02. The molecule has 0 amide bonds. The molecule has 0 saturated heterocycles. The highest BCUT2D eigenvalue weighted by Crippen LogP contribution is 2.40. The fourth-order valence-electron chi connectivity index (χ4n) is 3.65. The van der Waals surface area contributed by atoms with Gasteiger partial charge in [0.2, 0.25) is 11.6 Å². The average Bonchev–Trinajstić information content (AvgIpc) is 3.02. The van der Waals surface area contributed by atoms with Crippen molar-refractivity contribution in [3.8, 4) is 0 Å². The lowest BCUT2D eigenvalue weighted by Gasteiger charge is -2.12. The zero-order valence-electron chi connectivity index (χ0n) is 13.7. The van der Waals surface area contributed by atoms with Gasteiger partial charge in [-0.25, -0.2) is 0 Å². The largest absolute Gasteiger partial charge is 0.304 e. The molecule has 0 bridgehead atoms. The Morgan fingerprint density at radius 1 is 0.923 bits per heavy atom. The van der Waals surface area contributed by atoms with E-state index in [1.165, 1.54) is 24.3 Å². The van der Waals surface area contributed by atoms with Gasteiger partial charge in [-0.05, 0) is 60.8 Å². The fourth-order valence-corrected chi connectivity index (χ4v) is 3.65. The second-order valence-electron chi connectivity index (χ2n) is 6.59. The molecule has 8 heteroatoms. The van der Waals surface area contributed by atoms with Gasteiger partial charge in [-0.2, -0.15) is 8.78 Å². The van der Waals surface area contributed by atoms with Gasteiger partial charge in [0, 0.05) is 12.1 Å². The highest BCUT2D eigenvalue weighted by molar-refractivity contribution is 5.37. The van der Waals surface area contributed by atoms with Gasteiger partial charge in [0.25, 0.3) is 0 Å².